The summed E-state index contributed by atoms with van der Waals surface area (Å²) in [7, 11) is 0. The Kier molecular flexibility index (Phi) is 3.88. The number of rotatable bonds is 4. The van der Waals surface area contributed by atoms with E-state index in [4.69, 9.17) is 5.11 Å². The van der Waals surface area contributed by atoms with Gasteiger partial charge in [0, 0.05) is 32.0 Å². The molecule has 1 saturated heterocycles. The lowest BCUT2D eigenvalue weighted by atomic mass is 10.1. The van der Waals surface area contributed by atoms with E-state index in [0.29, 0.717) is 19.6 Å². The molecule has 1 aromatic heterocycles. The van der Waals surface area contributed by atoms with Gasteiger partial charge in [0.2, 0.25) is 5.91 Å². The van der Waals surface area contributed by atoms with E-state index in [1.165, 1.54) is 0 Å². The van der Waals surface area contributed by atoms with Crippen molar-refractivity contribution in [2.24, 2.45) is 0 Å². The van der Waals surface area contributed by atoms with Gasteiger partial charge in [0.15, 0.2) is 0 Å². The average Bonchev–Trinajstić information content (AvgIpc) is 2.35. The molecule has 0 aromatic carbocycles. The van der Waals surface area contributed by atoms with E-state index in [0.717, 1.165) is 5.56 Å². The highest BCUT2D eigenvalue weighted by Gasteiger charge is 2.29. The van der Waals surface area contributed by atoms with Gasteiger partial charge in [0.05, 0.1) is 12.5 Å². The van der Waals surface area contributed by atoms with Crippen LogP contribution < -0.4 is 5.32 Å². The van der Waals surface area contributed by atoms with E-state index in [1.54, 1.807) is 17.3 Å². The third kappa shape index (κ3) is 3.04. The van der Waals surface area contributed by atoms with Gasteiger partial charge in [-0.2, -0.15) is 0 Å². The first kappa shape index (κ1) is 12.5. The molecule has 0 radical (unpaired) electrons. The SMILES string of the molecule is O=C(O)CC1NCCN(Cc2ccncc2)C1=O. The molecule has 0 aliphatic carbocycles. The van der Waals surface area contributed by atoms with Gasteiger partial charge in [-0.15, -0.1) is 0 Å². The number of pyridine rings is 1. The molecule has 1 unspecified atom stereocenters. The summed E-state index contributed by atoms with van der Waals surface area (Å²) in [5.74, 6) is -1.12. The van der Waals surface area contributed by atoms with Crippen LogP contribution in [0, 0.1) is 0 Å². The van der Waals surface area contributed by atoms with Crippen molar-refractivity contribution >= 4 is 11.9 Å². The zero-order valence-corrected chi connectivity index (χ0v) is 9.87. The van der Waals surface area contributed by atoms with E-state index in [9.17, 15) is 9.59 Å². The topological polar surface area (TPSA) is 82.5 Å². The third-order valence-corrected chi connectivity index (χ3v) is 2.88. The normalized spacial score (nSPS) is 19.9. The number of amides is 1. The summed E-state index contributed by atoms with van der Waals surface area (Å²) in [6.45, 7) is 1.71. The molecule has 0 spiro atoms. The number of piperazine rings is 1. The molecule has 0 saturated carbocycles. The third-order valence-electron chi connectivity index (χ3n) is 2.88. The number of aromatic nitrogens is 1. The summed E-state index contributed by atoms with van der Waals surface area (Å²) in [5.41, 5.74) is 0.995. The Morgan fingerprint density at radius 1 is 1.50 bits per heavy atom. The fourth-order valence-electron chi connectivity index (χ4n) is 1.99. The summed E-state index contributed by atoms with van der Waals surface area (Å²) in [5, 5.41) is 11.7. The van der Waals surface area contributed by atoms with Crippen LogP contribution in [0.4, 0.5) is 0 Å². The Morgan fingerprint density at radius 3 is 2.89 bits per heavy atom. The van der Waals surface area contributed by atoms with Crippen LogP contribution in [-0.2, 0) is 16.1 Å². The molecule has 96 valence electrons. The summed E-state index contributed by atoms with van der Waals surface area (Å²) in [6.07, 6.45) is 3.18. The summed E-state index contributed by atoms with van der Waals surface area (Å²) in [6, 6.07) is 3.08. The molecule has 1 aromatic rings. The number of carbonyl (C=O) groups excluding carboxylic acids is 1. The Labute approximate surface area is 105 Å². The van der Waals surface area contributed by atoms with Gasteiger partial charge in [0.25, 0.3) is 0 Å². The number of nitrogens with one attached hydrogen (secondary N) is 1. The molecule has 1 aliphatic heterocycles. The van der Waals surface area contributed by atoms with Crippen molar-refractivity contribution < 1.29 is 14.7 Å². The van der Waals surface area contributed by atoms with E-state index in [2.05, 4.69) is 10.3 Å². The Hall–Kier alpha value is -1.95. The second kappa shape index (κ2) is 5.59. The quantitative estimate of drug-likeness (QED) is 0.776. The monoisotopic (exact) mass is 249 g/mol. The molecule has 1 aliphatic rings. The van der Waals surface area contributed by atoms with E-state index in [1.807, 2.05) is 12.1 Å². The number of carboxylic acid groups (broad SMARTS) is 1. The highest BCUT2D eigenvalue weighted by Crippen LogP contribution is 2.10. The van der Waals surface area contributed by atoms with Crippen LogP contribution in [0.2, 0.25) is 0 Å². The Bertz CT molecular complexity index is 435. The Morgan fingerprint density at radius 2 is 2.22 bits per heavy atom. The van der Waals surface area contributed by atoms with Gasteiger partial charge in [-0.05, 0) is 17.7 Å². The molecule has 2 rings (SSSR count). The summed E-state index contributed by atoms with van der Waals surface area (Å²) < 4.78 is 0. The van der Waals surface area contributed by atoms with E-state index >= 15 is 0 Å². The first-order chi connectivity index (χ1) is 8.66. The van der Waals surface area contributed by atoms with Crippen LogP contribution in [0.15, 0.2) is 24.5 Å². The first-order valence-electron chi connectivity index (χ1n) is 5.79. The molecular weight excluding hydrogens is 234 g/mol. The molecule has 18 heavy (non-hydrogen) atoms. The Balaban J connectivity index is 2.00. The molecule has 2 N–H and O–H groups in total. The van der Waals surface area contributed by atoms with Crippen molar-refractivity contribution in [3.8, 4) is 0 Å². The lowest BCUT2D eigenvalue weighted by molar-refractivity contribution is -0.144. The largest absolute Gasteiger partial charge is 0.481 e. The van der Waals surface area contributed by atoms with Gasteiger partial charge >= 0.3 is 5.97 Å². The van der Waals surface area contributed by atoms with Gasteiger partial charge < -0.3 is 15.3 Å². The predicted molar refractivity (Wildman–Crippen MR) is 63.7 cm³/mol. The number of aliphatic carboxylic acids is 1. The smallest absolute Gasteiger partial charge is 0.305 e. The number of carboxylic acids is 1. The number of carbonyl (C=O) groups is 2. The average molecular weight is 249 g/mol. The molecule has 1 fully saturated rings. The molecule has 0 bridgehead atoms. The molecule has 1 amide bonds. The minimum atomic E-state index is -0.966. The maximum Gasteiger partial charge on any atom is 0.305 e. The number of nitrogens with zero attached hydrogens (tertiary/aromatic N) is 2. The molecule has 6 heteroatoms. The van der Waals surface area contributed by atoms with Gasteiger partial charge in [-0.1, -0.05) is 0 Å². The van der Waals surface area contributed by atoms with Crippen LogP contribution in [0.1, 0.15) is 12.0 Å². The summed E-state index contributed by atoms with van der Waals surface area (Å²) in [4.78, 5) is 28.3. The first-order valence-corrected chi connectivity index (χ1v) is 5.79. The predicted octanol–water partition coefficient (Wildman–Crippen LogP) is -0.143. The van der Waals surface area contributed by atoms with Crippen molar-refractivity contribution in [3.63, 3.8) is 0 Å². The maximum atomic E-state index is 12.0. The summed E-state index contributed by atoms with van der Waals surface area (Å²) >= 11 is 0. The fraction of sp³-hybridized carbons (Fsp3) is 0.417. The van der Waals surface area contributed by atoms with Crippen molar-refractivity contribution in [1.82, 2.24) is 15.2 Å². The molecule has 1 atom stereocenters. The van der Waals surface area contributed by atoms with Crippen LogP contribution in [0.25, 0.3) is 0 Å². The molecule has 2 heterocycles. The fourth-order valence-corrected chi connectivity index (χ4v) is 1.99. The standard InChI is InChI=1S/C12H15N3O3/c16-11(17)7-10-12(18)15(6-5-14-10)8-9-1-3-13-4-2-9/h1-4,10,14H,5-8H2,(H,16,17). The number of hydrogen-bond acceptors (Lipinski definition) is 4. The van der Waals surface area contributed by atoms with Crippen molar-refractivity contribution in [1.29, 1.82) is 0 Å². The van der Waals surface area contributed by atoms with Gasteiger partial charge in [-0.3, -0.25) is 14.6 Å². The minimum absolute atomic E-state index is 0.152. The van der Waals surface area contributed by atoms with Gasteiger partial charge in [0.1, 0.15) is 0 Å². The minimum Gasteiger partial charge on any atom is -0.481 e. The van der Waals surface area contributed by atoms with E-state index in [-0.39, 0.29) is 12.3 Å². The van der Waals surface area contributed by atoms with Crippen LogP contribution >= 0.6 is 0 Å². The van der Waals surface area contributed by atoms with Crippen molar-refractivity contribution in [2.45, 2.75) is 19.0 Å². The van der Waals surface area contributed by atoms with Crippen LogP contribution in [0.3, 0.4) is 0 Å². The van der Waals surface area contributed by atoms with Crippen molar-refractivity contribution in [2.75, 3.05) is 13.1 Å². The zero-order valence-electron chi connectivity index (χ0n) is 9.87. The highest BCUT2D eigenvalue weighted by molar-refractivity contribution is 5.86. The second-order valence-electron chi connectivity index (χ2n) is 4.22. The van der Waals surface area contributed by atoms with Crippen LogP contribution in [-0.4, -0.2) is 46.0 Å². The molecular formula is C12H15N3O3. The van der Waals surface area contributed by atoms with Crippen LogP contribution in [0.5, 0.6) is 0 Å². The molecule has 6 nitrogen and oxygen atoms in total. The lowest BCUT2D eigenvalue weighted by Crippen LogP contribution is -2.55. The maximum absolute atomic E-state index is 12.0. The lowest BCUT2D eigenvalue weighted by Gasteiger charge is -2.32. The van der Waals surface area contributed by atoms with E-state index < -0.39 is 12.0 Å². The number of hydrogen-bond donors (Lipinski definition) is 2. The second-order valence-corrected chi connectivity index (χ2v) is 4.22. The van der Waals surface area contributed by atoms with Gasteiger partial charge in [-0.25, -0.2) is 0 Å². The highest BCUT2D eigenvalue weighted by atomic mass is 16.4. The van der Waals surface area contributed by atoms with Crippen molar-refractivity contribution in [3.05, 3.63) is 30.1 Å². The zero-order chi connectivity index (χ0) is 13.0.